The van der Waals surface area contributed by atoms with Crippen LogP contribution >= 0.6 is 6.89 Å². The van der Waals surface area contributed by atoms with Gasteiger partial charge in [0.2, 0.25) is 0 Å². The Morgan fingerprint density at radius 3 is 1.56 bits per heavy atom. The summed E-state index contributed by atoms with van der Waals surface area (Å²) in [5, 5.41) is 22.6. The van der Waals surface area contributed by atoms with Gasteiger partial charge < -0.3 is 5.11 Å². The van der Waals surface area contributed by atoms with Crippen LogP contribution in [0.15, 0.2) is 91.0 Å². The van der Waals surface area contributed by atoms with Crippen LogP contribution in [0.4, 0.5) is 13.2 Å². The van der Waals surface area contributed by atoms with Gasteiger partial charge in [0, 0.05) is 6.42 Å². The van der Waals surface area contributed by atoms with E-state index < -0.39 is 24.0 Å². The molecule has 6 heteroatoms. The third-order valence-corrected chi connectivity index (χ3v) is 9.86. The number of rotatable bonds is 6. The number of hydrogen-bond acceptors (Lipinski definition) is 2. The summed E-state index contributed by atoms with van der Waals surface area (Å²) >= 11 is 0. The molecule has 0 amide bonds. The fourth-order valence-corrected chi connectivity index (χ4v) is 8.25. The lowest BCUT2D eigenvalue weighted by molar-refractivity contribution is -0.207. The summed E-state index contributed by atoms with van der Waals surface area (Å²) in [7, 11) is 0. The van der Waals surface area contributed by atoms with Gasteiger partial charge in [-0.05, 0) is 29.2 Å². The smallest absolute Gasteiger partial charge is 0.366 e. The lowest BCUT2D eigenvalue weighted by Crippen LogP contribution is -2.53. The van der Waals surface area contributed by atoms with Crippen molar-refractivity contribution in [1.29, 1.82) is 5.26 Å². The Morgan fingerprint density at radius 2 is 1.24 bits per heavy atom. The van der Waals surface area contributed by atoms with Gasteiger partial charge in [-0.15, -0.1) is 0 Å². The molecular formula is C28H25F3NOP. The Kier molecular flexibility index (Phi) is 8.06. The molecule has 0 heterocycles. The molecule has 1 N–H and O–H groups in total. The largest absolute Gasteiger partial charge is 0.434 e. The molecule has 0 fully saturated rings. The van der Waals surface area contributed by atoms with E-state index in [1.807, 2.05) is 13.0 Å². The number of unbranched alkanes of at least 4 members (excludes halogenated alkanes) is 2. The second kappa shape index (κ2) is 10.8. The average molecular weight is 479 g/mol. The van der Waals surface area contributed by atoms with E-state index in [0.29, 0.717) is 22.3 Å². The predicted molar refractivity (Wildman–Crippen MR) is 134 cm³/mol. The zero-order chi connectivity index (χ0) is 24.7. The first-order chi connectivity index (χ1) is 16.3. The highest BCUT2D eigenvalue weighted by molar-refractivity contribution is 7.95. The van der Waals surface area contributed by atoms with E-state index in [-0.39, 0.29) is 6.42 Å². The first kappa shape index (κ1) is 25.4. The molecule has 0 spiro atoms. The van der Waals surface area contributed by atoms with Crippen LogP contribution in [-0.2, 0) is 0 Å². The average Bonchev–Trinajstić information content (AvgIpc) is 2.86. The van der Waals surface area contributed by atoms with Crippen molar-refractivity contribution in [2.24, 2.45) is 0 Å². The fraction of sp³-hybridized carbons (Fsp3) is 0.214. The number of hydrogen-bond donors (Lipinski definition) is 1. The van der Waals surface area contributed by atoms with Crippen molar-refractivity contribution in [3.05, 3.63) is 91.0 Å². The molecule has 3 rings (SSSR count). The molecule has 0 aromatic heterocycles. The van der Waals surface area contributed by atoms with Gasteiger partial charge in [0.15, 0.2) is 0 Å². The maximum atomic E-state index is 14.6. The molecule has 0 bridgehead atoms. The maximum Gasteiger partial charge on any atom is 0.434 e. The van der Waals surface area contributed by atoms with Crippen molar-refractivity contribution in [2.75, 3.05) is 0 Å². The van der Waals surface area contributed by atoms with Gasteiger partial charge in [-0.2, -0.15) is 18.4 Å². The number of nitrogens with zero attached hydrogens (tertiary/aromatic N) is 1. The number of alkyl halides is 3. The molecule has 174 valence electrons. The van der Waals surface area contributed by atoms with E-state index in [9.17, 15) is 23.5 Å². The highest BCUT2D eigenvalue weighted by Crippen LogP contribution is 2.50. The Hall–Kier alpha value is -3.24. The van der Waals surface area contributed by atoms with E-state index in [2.05, 4.69) is 11.8 Å². The molecular weight excluding hydrogens is 454 g/mol. The molecule has 34 heavy (non-hydrogen) atoms. The van der Waals surface area contributed by atoms with Crippen molar-refractivity contribution in [3.63, 3.8) is 0 Å². The number of benzene rings is 3. The van der Waals surface area contributed by atoms with Crippen LogP contribution in [0.2, 0.25) is 0 Å². The van der Waals surface area contributed by atoms with Crippen LogP contribution in [0.3, 0.4) is 0 Å². The molecule has 3 aromatic rings. The molecule has 0 aliphatic carbocycles. The Labute approximate surface area is 198 Å². The summed E-state index contributed by atoms with van der Waals surface area (Å²) in [6.45, 7) is -1.55. The van der Waals surface area contributed by atoms with Crippen molar-refractivity contribution in [2.45, 2.75) is 38.0 Å². The third kappa shape index (κ3) is 4.69. The van der Waals surface area contributed by atoms with Crippen LogP contribution in [0.5, 0.6) is 0 Å². The minimum Gasteiger partial charge on any atom is -0.366 e. The third-order valence-electron chi connectivity index (χ3n) is 5.55. The Bertz CT molecular complexity index is 1150. The molecule has 2 nitrogen and oxygen atoms in total. The molecule has 0 saturated carbocycles. The number of aliphatic hydroxyl groups is 1. The van der Waals surface area contributed by atoms with E-state index in [1.165, 1.54) is 0 Å². The number of nitriles is 1. The van der Waals surface area contributed by atoms with Crippen LogP contribution in [-0.4, -0.2) is 22.2 Å². The SMILES string of the molecule is CCCCC#CC(O)(C(C#N)=P(c1ccccc1)(c1ccccc1)c1ccccc1)C(F)(F)F. The topological polar surface area (TPSA) is 44.0 Å². The standard InChI is InChI=1S/C28H25F3NOP/c1-2-3-4-14-21-27(33,28(29,30)31)26(22-32)34(23-15-8-5-9-16-23,24-17-10-6-11-18-24)25-19-12-7-13-20-25/h5-13,15-20,33H,2-4H2,1H3. The molecule has 0 radical (unpaired) electrons. The lowest BCUT2D eigenvalue weighted by Gasteiger charge is -2.36. The second-order valence-corrected chi connectivity index (χ2v) is 11.1. The Balaban J connectivity index is 2.62. The van der Waals surface area contributed by atoms with E-state index in [1.54, 1.807) is 91.0 Å². The van der Waals surface area contributed by atoms with Gasteiger partial charge in [-0.1, -0.05) is 116 Å². The summed E-state index contributed by atoms with van der Waals surface area (Å²) in [5.74, 6) is 4.59. The zero-order valence-electron chi connectivity index (χ0n) is 18.8. The van der Waals surface area contributed by atoms with Gasteiger partial charge in [-0.3, -0.25) is 0 Å². The summed E-state index contributed by atoms with van der Waals surface area (Å²) < 4.78 is 43.9. The van der Waals surface area contributed by atoms with E-state index in [4.69, 9.17) is 0 Å². The molecule has 1 unspecified atom stereocenters. The summed E-state index contributed by atoms with van der Waals surface area (Å²) in [6.07, 6.45) is -3.63. The quantitative estimate of drug-likeness (QED) is 0.302. The van der Waals surface area contributed by atoms with Gasteiger partial charge in [0.05, 0.1) is 5.29 Å². The van der Waals surface area contributed by atoms with E-state index >= 15 is 0 Å². The van der Waals surface area contributed by atoms with Crippen molar-refractivity contribution in [1.82, 2.24) is 0 Å². The molecule has 0 saturated heterocycles. The highest BCUT2D eigenvalue weighted by atomic mass is 31.2. The molecule has 0 aliphatic rings. The minimum absolute atomic E-state index is 0.195. The minimum atomic E-state index is -5.18. The first-order valence-corrected chi connectivity index (χ1v) is 12.7. The van der Waals surface area contributed by atoms with Crippen molar-refractivity contribution >= 4 is 28.1 Å². The molecule has 1 atom stereocenters. The van der Waals surface area contributed by atoms with Crippen LogP contribution in [0, 0.1) is 23.2 Å². The zero-order valence-corrected chi connectivity index (χ0v) is 19.7. The summed E-state index contributed by atoms with van der Waals surface area (Å²) in [6, 6.07) is 27.8. The highest BCUT2D eigenvalue weighted by Gasteiger charge is 2.59. The maximum absolute atomic E-state index is 14.6. The van der Waals surface area contributed by atoms with E-state index in [0.717, 1.165) is 6.42 Å². The monoisotopic (exact) mass is 479 g/mol. The summed E-state index contributed by atoms with van der Waals surface area (Å²) in [5.41, 5.74) is -3.61. The van der Waals surface area contributed by atoms with Crippen molar-refractivity contribution in [3.8, 4) is 17.9 Å². The van der Waals surface area contributed by atoms with Gasteiger partial charge in [0.1, 0.15) is 6.07 Å². The normalized spacial score (nSPS) is 13.2. The second-order valence-electron chi connectivity index (χ2n) is 7.75. The fourth-order valence-electron chi connectivity index (χ4n) is 3.91. The van der Waals surface area contributed by atoms with Crippen LogP contribution < -0.4 is 15.9 Å². The summed E-state index contributed by atoms with van der Waals surface area (Å²) in [4.78, 5) is 0. The van der Waals surface area contributed by atoms with Crippen LogP contribution in [0.25, 0.3) is 0 Å². The first-order valence-electron chi connectivity index (χ1n) is 11.0. The van der Waals surface area contributed by atoms with Crippen LogP contribution in [0.1, 0.15) is 26.2 Å². The van der Waals surface area contributed by atoms with Gasteiger partial charge >= 0.3 is 6.18 Å². The van der Waals surface area contributed by atoms with Gasteiger partial charge in [0.25, 0.3) is 5.60 Å². The molecule has 0 aliphatic heterocycles. The Morgan fingerprint density at radius 1 is 0.824 bits per heavy atom. The molecule has 3 aromatic carbocycles. The van der Waals surface area contributed by atoms with Gasteiger partial charge in [-0.25, -0.2) is 0 Å². The van der Waals surface area contributed by atoms with Crippen molar-refractivity contribution < 1.29 is 18.3 Å². The predicted octanol–water partition coefficient (Wildman–Crippen LogP) is 5.16. The number of halogens is 3. The lowest BCUT2D eigenvalue weighted by atomic mass is 10.00.